The molecule has 0 saturated carbocycles. The van der Waals surface area contributed by atoms with Crippen LogP contribution in [0.25, 0.3) is 5.69 Å². The highest BCUT2D eigenvalue weighted by Crippen LogP contribution is 2.21. The van der Waals surface area contributed by atoms with E-state index in [0.29, 0.717) is 17.5 Å². The van der Waals surface area contributed by atoms with Gasteiger partial charge in [0.2, 0.25) is 11.1 Å². The molecule has 0 bridgehead atoms. The van der Waals surface area contributed by atoms with Crippen LogP contribution in [0.2, 0.25) is 0 Å². The molecular formula is C19H24N6OS. The van der Waals surface area contributed by atoms with E-state index in [1.807, 2.05) is 41.2 Å². The fourth-order valence-electron chi connectivity index (χ4n) is 2.41. The summed E-state index contributed by atoms with van der Waals surface area (Å²) < 4.78 is 1.81. The summed E-state index contributed by atoms with van der Waals surface area (Å²) in [5.74, 6) is 1.14. The van der Waals surface area contributed by atoms with Crippen molar-refractivity contribution in [3.8, 4) is 5.69 Å². The number of amides is 1. The topological polar surface area (TPSA) is 79.7 Å². The number of hydrogen-bond acceptors (Lipinski definition) is 5. The molecule has 3 rings (SSSR count). The van der Waals surface area contributed by atoms with Gasteiger partial charge < -0.3 is 4.90 Å². The van der Waals surface area contributed by atoms with Gasteiger partial charge in [0.1, 0.15) is 5.82 Å². The summed E-state index contributed by atoms with van der Waals surface area (Å²) in [7, 11) is 1.79. The second-order valence-corrected chi connectivity index (χ2v) is 8.33. The van der Waals surface area contributed by atoms with Crippen LogP contribution < -0.4 is 0 Å². The SMILES string of the molecule is CN(Cc1cnn(-c2ccccc2)c1)C(=O)CSc1n[nH]c(C(C)(C)C)n1. The maximum absolute atomic E-state index is 12.4. The van der Waals surface area contributed by atoms with Crippen LogP contribution in [0.15, 0.2) is 47.9 Å². The molecule has 2 aromatic heterocycles. The van der Waals surface area contributed by atoms with Gasteiger partial charge in [-0.2, -0.15) is 5.10 Å². The van der Waals surface area contributed by atoms with Gasteiger partial charge in [0.25, 0.3) is 0 Å². The van der Waals surface area contributed by atoms with Gasteiger partial charge in [0.05, 0.1) is 17.6 Å². The van der Waals surface area contributed by atoms with Crippen molar-refractivity contribution < 1.29 is 4.79 Å². The zero-order valence-electron chi connectivity index (χ0n) is 16.0. The molecule has 0 radical (unpaired) electrons. The van der Waals surface area contributed by atoms with E-state index in [2.05, 4.69) is 41.1 Å². The molecule has 1 N–H and O–H groups in total. The van der Waals surface area contributed by atoms with Crippen LogP contribution in [-0.2, 0) is 16.8 Å². The third-order valence-electron chi connectivity index (χ3n) is 4.00. The minimum Gasteiger partial charge on any atom is -0.341 e. The number of nitrogens with one attached hydrogen (secondary N) is 1. The molecule has 0 fully saturated rings. The lowest BCUT2D eigenvalue weighted by molar-refractivity contribution is -0.127. The van der Waals surface area contributed by atoms with Crippen molar-refractivity contribution in [2.45, 2.75) is 37.9 Å². The Labute approximate surface area is 163 Å². The Morgan fingerprint density at radius 3 is 2.67 bits per heavy atom. The Morgan fingerprint density at radius 1 is 1.26 bits per heavy atom. The van der Waals surface area contributed by atoms with Crippen LogP contribution in [0.5, 0.6) is 0 Å². The molecule has 8 heteroatoms. The summed E-state index contributed by atoms with van der Waals surface area (Å²) in [4.78, 5) is 18.6. The Hall–Kier alpha value is -2.61. The van der Waals surface area contributed by atoms with Gasteiger partial charge in [-0.25, -0.2) is 9.67 Å². The lowest BCUT2D eigenvalue weighted by Gasteiger charge is -2.15. The van der Waals surface area contributed by atoms with E-state index in [1.165, 1.54) is 11.8 Å². The highest BCUT2D eigenvalue weighted by atomic mass is 32.2. The van der Waals surface area contributed by atoms with Gasteiger partial charge in [-0.05, 0) is 12.1 Å². The van der Waals surface area contributed by atoms with Crippen LogP contribution >= 0.6 is 11.8 Å². The van der Waals surface area contributed by atoms with Crippen molar-refractivity contribution in [3.63, 3.8) is 0 Å². The minimum absolute atomic E-state index is 0.0227. The monoisotopic (exact) mass is 384 g/mol. The Morgan fingerprint density at radius 2 is 2.00 bits per heavy atom. The number of para-hydroxylation sites is 1. The summed E-state index contributed by atoms with van der Waals surface area (Å²) >= 11 is 1.34. The second-order valence-electron chi connectivity index (χ2n) is 7.38. The van der Waals surface area contributed by atoms with Crippen molar-refractivity contribution in [3.05, 3.63) is 54.1 Å². The molecule has 142 valence electrons. The zero-order chi connectivity index (χ0) is 19.4. The van der Waals surface area contributed by atoms with Crippen molar-refractivity contribution in [2.75, 3.05) is 12.8 Å². The van der Waals surface area contributed by atoms with E-state index >= 15 is 0 Å². The number of benzene rings is 1. The average molecular weight is 385 g/mol. The fraction of sp³-hybridized carbons (Fsp3) is 0.368. The third kappa shape index (κ3) is 4.97. The number of rotatable bonds is 6. The zero-order valence-corrected chi connectivity index (χ0v) is 16.8. The molecule has 0 spiro atoms. The lowest BCUT2D eigenvalue weighted by Crippen LogP contribution is -2.27. The van der Waals surface area contributed by atoms with Crippen molar-refractivity contribution >= 4 is 17.7 Å². The van der Waals surface area contributed by atoms with Crippen LogP contribution in [0.1, 0.15) is 32.2 Å². The summed E-state index contributed by atoms with van der Waals surface area (Å²) in [6.07, 6.45) is 3.73. The first-order valence-electron chi connectivity index (χ1n) is 8.71. The predicted octanol–water partition coefficient (Wildman–Crippen LogP) is 3.04. The smallest absolute Gasteiger partial charge is 0.233 e. The first-order valence-corrected chi connectivity index (χ1v) is 9.70. The first-order chi connectivity index (χ1) is 12.8. The fourth-order valence-corrected chi connectivity index (χ4v) is 3.15. The van der Waals surface area contributed by atoms with Gasteiger partial charge in [-0.15, -0.1) is 5.10 Å². The number of carbonyl (C=O) groups is 1. The molecule has 0 atom stereocenters. The van der Waals surface area contributed by atoms with Crippen LogP contribution in [-0.4, -0.2) is 48.6 Å². The quantitative estimate of drug-likeness (QED) is 0.661. The third-order valence-corrected chi connectivity index (χ3v) is 4.83. The number of carbonyl (C=O) groups excluding carboxylic acids is 1. The lowest BCUT2D eigenvalue weighted by atomic mass is 9.96. The van der Waals surface area contributed by atoms with Crippen molar-refractivity contribution in [2.24, 2.45) is 0 Å². The highest BCUT2D eigenvalue weighted by Gasteiger charge is 2.19. The molecule has 3 aromatic rings. The van der Waals surface area contributed by atoms with E-state index in [4.69, 9.17) is 0 Å². The number of aromatic nitrogens is 5. The molecule has 1 aromatic carbocycles. The Balaban J connectivity index is 1.54. The van der Waals surface area contributed by atoms with E-state index in [9.17, 15) is 4.79 Å². The first kappa shape index (κ1) is 19.2. The van der Waals surface area contributed by atoms with Crippen LogP contribution in [0.3, 0.4) is 0 Å². The molecule has 0 aliphatic heterocycles. The molecule has 27 heavy (non-hydrogen) atoms. The van der Waals surface area contributed by atoms with E-state index in [0.717, 1.165) is 17.1 Å². The summed E-state index contributed by atoms with van der Waals surface area (Å²) in [5.41, 5.74) is 1.88. The minimum atomic E-state index is -0.0917. The Bertz CT molecular complexity index is 896. The molecule has 7 nitrogen and oxygen atoms in total. The normalized spacial score (nSPS) is 11.6. The maximum Gasteiger partial charge on any atom is 0.233 e. The van der Waals surface area contributed by atoms with Gasteiger partial charge in [-0.1, -0.05) is 50.7 Å². The number of H-pyrrole nitrogens is 1. The van der Waals surface area contributed by atoms with Gasteiger partial charge >= 0.3 is 0 Å². The molecular weight excluding hydrogens is 360 g/mol. The second kappa shape index (κ2) is 7.96. The molecule has 0 unspecified atom stereocenters. The summed E-state index contributed by atoms with van der Waals surface area (Å²) in [6, 6.07) is 9.89. The van der Waals surface area contributed by atoms with E-state index < -0.39 is 0 Å². The largest absolute Gasteiger partial charge is 0.341 e. The highest BCUT2D eigenvalue weighted by molar-refractivity contribution is 7.99. The van der Waals surface area contributed by atoms with Crippen LogP contribution in [0.4, 0.5) is 0 Å². The number of aromatic amines is 1. The van der Waals surface area contributed by atoms with Crippen LogP contribution in [0, 0.1) is 0 Å². The van der Waals surface area contributed by atoms with Crippen molar-refractivity contribution in [1.29, 1.82) is 0 Å². The molecule has 0 saturated heterocycles. The summed E-state index contributed by atoms with van der Waals surface area (Å²) in [6.45, 7) is 6.71. The number of thioether (sulfide) groups is 1. The molecule has 0 aliphatic rings. The van der Waals surface area contributed by atoms with Gasteiger partial charge in [0.15, 0.2) is 0 Å². The van der Waals surface area contributed by atoms with Gasteiger partial charge in [-0.3, -0.25) is 9.89 Å². The average Bonchev–Trinajstić information content (AvgIpc) is 3.29. The molecule has 0 aliphatic carbocycles. The molecule has 1 amide bonds. The molecule has 2 heterocycles. The van der Waals surface area contributed by atoms with E-state index in [1.54, 1.807) is 18.1 Å². The Kier molecular flexibility index (Phi) is 5.65. The van der Waals surface area contributed by atoms with Gasteiger partial charge in [0, 0.05) is 30.8 Å². The predicted molar refractivity (Wildman–Crippen MR) is 106 cm³/mol. The maximum atomic E-state index is 12.4. The number of nitrogens with zero attached hydrogens (tertiary/aromatic N) is 5. The van der Waals surface area contributed by atoms with Crippen molar-refractivity contribution in [1.82, 2.24) is 29.9 Å². The standard InChI is InChI=1S/C19H24N6OS/c1-19(2,3)17-21-18(23-22-17)27-13-16(26)24(4)11-14-10-20-25(12-14)15-8-6-5-7-9-15/h5-10,12H,11,13H2,1-4H3,(H,21,22,23). The number of hydrogen-bond donors (Lipinski definition) is 1. The van der Waals surface area contributed by atoms with E-state index in [-0.39, 0.29) is 11.3 Å². The summed E-state index contributed by atoms with van der Waals surface area (Å²) in [5, 5.41) is 12.1.